The van der Waals surface area contributed by atoms with E-state index in [9.17, 15) is 19.2 Å². The standard InChI is InChI=1S/C29H46N2O10/c1-26(2,3)22(32)36-16-17-18(38-23(33)27(4,5)6)19(39-24(34)28(7,8)9)20(40-25(35)29(10,11)12)21(37-17)41-31-15-13-14-30-31/h13-15,17-21H,16H2,1-12H3/t17-,18-,19+,20-,21+/m1/s1. The maximum atomic E-state index is 13.2. The van der Waals surface area contributed by atoms with Crippen LogP contribution in [0.4, 0.5) is 0 Å². The summed E-state index contributed by atoms with van der Waals surface area (Å²) in [4.78, 5) is 59.1. The maximum Gasteiger partial charge on any atom is 0.311 e. The second-order valence-electron chi connectivity index (χ2n) is 14.3. The van der Waals surface area contributed by atoms with Crippen LogP contribution >= 0.6 is 0 Å². The molecule has 1 aliphatic heterocycles. The topological polar surface area (TPSA) is 141 Å². The van der Waals surface area contributed by atoms with Crippen molar-refractivity contribution in [2.45, 2.75) is 114 Å². The molecule has 1 aromatic rings. The molecule has 1 aliphatic rings. The fourth-order valence-corrected chi connectivity index (χ4v) is 3.20. The highest BCUT2D eigenvalue weighted by molar-refractivity contribution is 5.78. The largest absolute Gasteiger partial charge is 0.462 e. The van der Waals surface area contributed by atoms with E-state index in [0.717, 1.165) is 4.85 Å². The molecule has 0 aromatic carbocycles. The third-order valence-electron chi connectivity index (χ3n) is 5.84. The molecule has 232 valence electrons. The number of carbonyl (C=O) groups excluding carboxylic acids is 4. The molecule has 0 radical (unpaired) electrons. The quantitative estimate of drug-likeness (QED) is 0.344. The molecule has 0 saturated carbocycles. The predicted molar refractivity (Wildman–Crippen MR) is 146 cm³/mol. The Labute approximate surface area is 242 Å². The molecule has 2 heterocycles. The van der Waals surface area contributed by atoms with Gasteiger partial charge in [-0.2, -0.15) is 0 Å². The van der Waals surface area contributed by atoms with Crippen LogP contribution in [-0.2, 0) is 42.9 Å². The molecule has 0 spiro atoms. The number of ether oxygens (including phenoxy) is 5. The highest BCUT2D eigenvalue weighted by Crippen LogP contribution is 2.34. The molecule has 0 N–H and O–H groups in total. The fraction of sp³-hybridized carbons (Fsp3) is 0.759. The highest BCUT2D eigenvalue weighted by Gasteiger charge is 2.56. The molecule has 12 heteroatoms. The van der Waals surface area contributed by atoms with Crippen LogP contribution < -0.4 is 4.84 Å². The van der Waals surface area contributed by atoms with Gasteiger partial charge >= 0.3 is 23.9 Å². The van der Waals surface area contributed by atoms with Gasteiger partial charge < -0.3 is 28.5 Å². The van der Waals surface area contributed by atoms with Crippen LogP contribution in [-0.4, -0.2) is 71.1 Å². The van der Waals surface area contributed by atoms with Gasteiger partial charge in [-0.3, -0.25) is 19.2 Å². The summed E-state index contributed by atoms with van der Waals surface area (Å²) in [6, 6.07) is 1.60. The van der Waals surface area contributed by atoms with Crippen molar-refractivity contribution in [3.63, 3.8) is 0 Å². The van der Waals surface area contributed by atoms with Crippen LogP contribution in [0.1, 0.15) is 83.1 Å². The average molecular weight is 583 g/mol. The molecule has 1 aromatic heterocycles. The average Bonchev–Trinajstić information content (AvgIpc) is 3.31. The van der Waals surface area contributed by atoms with Crippen LogP contribution in [0.5, 0.6) is 0 Å². The molecule has 0 aliphatic carbocycles. The number of carbonyl (C=O) groups is 4. The summed E-state index contributed by atoms with van der Waals surface area (Å²) in [6.07, 6.45) is -3.75. The van der Waals surface area contributed by atoms with Gasteiger partial charge in [0, 0.05) is 0 Å². The van der Waals surface area contributed by atoms with Gasteiger partial charge in [0.1, 0.15) is 12.7 Å². The fourth-order valence-electron chi connectivity index (χ4n) is 3.20. The van der Waals surface area contributed by atoms with E-state index in [4.69, 9.17) is 28.5 Å². The van der Waals surface area contributed by atoms with Gasteiger partial charge in [0.25, 0.3) is 6.29 Å². The Morgan fingerprint density at radius 3 is 1.54 bits per heavy atom. The third kappa shape index (κ3) is 9.44. The minimum atomic E-state index is -1.40. The lowest BCUT2D eigenvalue weighted by Crippen LogP contribution is -2.65. The van der Waals surface area contributed by atoms with Crippen molar-refractivity contribution in [2.75, 3.05) is 6.61 Å². The van der Waals surface area contributed by atoms with Gasteiger partial charge in [0.2, 0.25) is 6.10 Å². The molecular formula is C29H46N2O10. The SMILES string of the molecule is CC(C)(C)C(=O)OC[C@H]1O[C@@H](On2cccn2)[C@H](OC(=O)C(C)(C)C)[C@@H](OC(=O)C(C)(C)C)[C@@H]1OC(=O)C(C)(C)C. The first-order valence-electron chi connectivity index (χ1n) is 13.6. The second kappa shape index (κ2) is 12.4. The van der Waals surface area contributed by atoms with Crippen molar-refractivity contribution in [1.82, 2.24) is 9.94 Å². The minimum Gasteiger partial charge on any atom is -0.462 e. The van der Waals surface area contributed by atoms with Crippen LogP contribution in [0.3, 0.4) is 0 Å². The lowest BCUT2D eigenvalue weighted by atomic mass is 9.93. The normalized spacial score (nSPS) is 23.8. The van der Waals surface area contributed by atoms with Crippen molar-refractivity contribution in [2.24, 2.45) is 21.7 Å². The van der Waals surface area contributed by atoms with Crippen molar-refractivity contribution >= 4 is 23.9 Å². The molecule has 12 nitrogen and oxygen atoms in total. The summed E-state index contributed by atoms with van der Waals surface area (Å²) in [7, 11) is 0. The summed E-state index contributed by atoms with van der Waals surface area (Å²) in [6.45, 7) is 19.6. The number of esters is 4. The van der Waals surface area contributed by atoms with Crippen molar-refractivity contribution in [1.29, 1.82) is 0 Å². The summed E-state index contributed by atoms with van der Waals surface area (Å²) in [5.74, 6) is -2.46. The highest BCUT2D eigenvalue weighted by atomic mass is 16.8. The molecule has 0 amide bonds. The molecule has 1 fully saturated rings. The Kier molecular flexibility index (Phi) is 10.3. The van der Waals surface area contributed by atoms with Crippen LogP contribution in [0.15, 0.2) is 18.5 Å². The number of aromatic nitrogens is 2. The molecule has 1 saturated heterocycles. The maximum absolute atomic E-state index is 13.2. The summed E-state index contributed by atoms with van der Waals surface area (Å²) in [5.41, 5.74) is -3.71. The van der Waals surface area contributed by atoms with Gasteiger partial charge in [-0.15, -0.1) is 9.94 Å². The zero-order valence-electron chi connectivity index (χ0n) is 26.3. The van der Waals surface area contributed by atoms with Gasteiger partial charge in [0.05, 0.1) is 34.1 Å². The van der Waals surface area contributed by atoms with Gasteiger partial charge in [-0.1, -0.05) is 0 Å². The van der Waals surface area contributed by atoms with Gasteiger partial charge in [-0.05, 0) is 89.2 Å². The first kappa shape index (κ1) is 34.1. The number of nitrogens with zero attached hydrogens (tertiary/aromatic N) is 2. The van der Waals surface area contributed by atoms with Crippen LogP contribution in [0.25, 0.3) is 0 Å². The van der Waals surface area contributed by atoms with E-state index in [1.165, 1.54) is 12.4 Å². The summed E-state index contributed by atoms with van der Waals surface area (Å²) >= 11 is 0. The van der Waals surface area contributed by atoms with E-state index < -0.39 is 76.2 Å². The summed E-state index contributed by atoms with van der Waals surface area (Å²) in [5, 5.41) is 4.02. The predicted octanol–water partition coefficient (Wildman–Crippen LogP) is 3.50. The molecular weight excluding hydrogens is 536 g/mol. The third-order valence-corrected chi connectivity index (χ3v) is 5.84. The van der Waals surface area contributed by atoms with Gasteiger partial charge in [-0.25, -0.2) is 0 Å². The Morgan fingerprint density at radius 1 is 0.683 bits per heavy atom. The molecule has 0 bridgehead atoms. The lowest BCUT2D eigenvalue weighted by molar-refractivity contribution is -0.313. The Bertz CT molecular complexity index is 1070. The number of rotatable bonds is 7. The van der Waals surface area contributed by atoms with E-state index in [1.807, 2.05) is 0 Å². The number of hydrogen-bond donors (Lipinski definition) is 0. The Balaban J connectivity index is 2.65. The van der Waals surface area contributed by atoms with Crippen molar-refractivity contribution in [3.05, 3.63) is 18.5 Å². The molecule has 41 heavy (non-hydrogen) atoms. The van der Waals surface area contributed by atoms with E-state index >= 15 is 0 Å². The number of hydrogen-bond acceptors (Lipinski definition) is 11. The molecule has 2 rings (SSSR count). The van der Waals surface area contributed by atoms with Crippen LogP contribution in [0.2, 0.25) is 0 Å². The summed E-state index contributed by atoms with van der Waals surface area (Å²) < 4.78 is 29.4. The molecule has 5 atom stereocenters. The van der Waals surface area contributed by atoms with E-state index in [-0.39, 0.29) is 6.61 Å². The van der Waals surface area contributed by atoms with Crippen molar-refractivity contribution < 1.29 is 47.7 Å². The minimum absolute atomic E-state index is 0.374. The lowest BCUT2D eigenvalue weighted by Gasteiger charge is -2.45. The smallest absolute Gasteiger partial charge is 0.311 e. The monoisotopic (exact) mass is 582 g/mol. The first-order chi connectivity index (χ1) is 18.5. The molecule has 0 unspecified atom stereocenters. The van der Waals surface area contributed by atoms with Gasteiger partial charge in [0.15, 0.2) is 12.2 Å². The van der Waals surface area contributed by atoms with E-state index in [2.05, 4.69) is 5.10 Å². The first-order valence-corrected chi connectivity index (χ1v) is 13.6. The zero-order valence-corrected chi connectivity index (χ0v) is 26.3. The van der Waals surface area contributed by atoms with Crippen molar-refractivity contribution in [3.8, 4) is 0 Å². The van der Waals surface area contributed by atoms with E-state index in [1.54, 1.807) is 89.2 Å². The van der Waals surface area contributed by atoms with Crippen LogP contribution in [0, 0.1) is 21.7 Å². The second-order valence-corrected chi connectivity index (χ2v) is 14.3. The van der Waals surface area contributed by atoms with E-state index in [0.29, 0.717) is 0 Å². The Hall–Kier alpha value is -3.15. The Morgan fingerprint density at radius 2 is 1.12 bits per heavy atom. The zero-order chi connectivity index (χ0) is 31.6.